The molecule has 0 radical (unpaired) electrons. The molecule has 0 amide bonds. The molecule has 0 saturated heterocycles. The summed E-state index contributed by atoms with van der Waals surface area (Å²) < 4.78 is 20.3. The Kier molecular flexibility index (Phi) is 3.14. The van der Waals surface area contributed by atoms with Gasteiger partial charge in [0.25, 0.3) is 0 Å². The summed E-state index contributed by atoms with van der Waals surface area (Å²) in [6.07, 6.45) is 0. The van der Waals surface area contributed by atoms with Crippen LogP contribution in [-0.2, 0) is 9.09 Å². The van der Waals surface area contributed by atoms with E-state index >= 15 is 0 Å². The third kappa shape index (κ3) is 2.31. The molecule has 2 N–H and O–H groups in total. The molecule has 0 spiro atoms. The number of furan rings is 1. The lowest BCUT2D eigenvalue weighted by atomic mass is 9.89. The number of hydrogen-bond donors (Lipinski definition) is 2. The van der Waals surface area contributed by atoms with Crippen molar-refractivity contribution in [2.75, 3.05) is 0 Å². The highest BCUT2D eigenvalue weighted by atomic mass is 31.2. The minimum Gasteiger partial charge on any atom is -0.449 e. The first kappa shape index (κ1) is 14.5. The quantitative estimate of drug-likeness (QED) is 0.561. The van der Waals surface area contributed by atoms with Gasteiger partial charge >= 0.3 is 7.82 Å². The number of phosphoric acid groups is 1. The molecule has 0 unspecified atom stereocenters. The van der Waals surface area contributed by atoms with Gasteiger partial charge in [-0.2, -0.15) is 0 Å². The van der Waals surface area contributed by atoms with Gasteiger partial charge in [0.1, 0.15) is 0 Å². The molecule has 3 rings (SSSR count). The first-order valence-corrected chi connectivity index (χ1v) is 7.57. The Bertz CT molecular complexity index is 819. The van der Waals surface area contributed by atoms with Crippen LogP contribution in [0.15, 0.2) is 41.3 Å². The molecule has 22 heavy (non-hydrogen) atoms. The molecule has 0 atom stereocenters. The maximum absolute atomic E-state index is 12.3. The number of hydrogen-bond acceptors (Lipinski definition) is 5. The van der Waals surface area contributed by atoms with E-state index in [-0.39, 0.29) is 28.2 Å². The van der Waals surface area contributed by atoms with Crippen molar-refractivity contribution in [3.63, 3.8) is 0 Å². The number of benzene rings is 1. The fourth-order valence-corrected chi connectivity index (χ4v) is 2.58. The first-order valence-electron chi connectivity index (χ1n) is 6.04. The topological polar surface area (TPSA) is 114 Å². The molecule has 1 aliphatic carbocycles. The van der Waals surface area contributed by atoms with Crippen molar-refractivity contribution in [3.8, 4) is 0 Å². The molecule has 0 fully saturated rings. The molecule has 0 aliphatic heterocycles. The summed E-state index contributed by atoms with van der Waals surface area (Å²) >= 11 is 0. The molecular formula is C14H9O7P. The van der Waals surface area contributed by atoms with Crippen LogP contribution in [0.5, 0.6) is 0 Å². The van der Waals surface area contributed by atoms with Crippen LogP contribution < -0.4 is 0 Å². The largest absolute Gasteiger partial charge is 0.524 e. The van der Waals surface area contributed by atoms with E-state index in [9.17, 15) is 14.2 Å². The molecule has 1 aliphatic rings. The smallest absolute Gasteiger partial charge is 0.449 e. The Morgan fingerprint density at radius 3 is 2.27 bits per heavy atom. The van der Waals surface area contributed by atoms with E-state index in [1.54, 1.807) is 12.1 Å². The minimum atomic E-state index is -4.81. The molecular weight excluding hydrogens is 311 g/mol. The summed E-state index contributed by atoms with van der Waals surface area (Å²) in [7, 11) is -4.81. The standard InChI is InChI=1S/C14H9O7P/c1-7(21-22(17,18)19)11-6-10-12(15)8-4-2-3-5-9(8)13(16)14(10)20-11/h2-6H,1H2,(H2,17,18,19). The number of carbonyl (C=O) groups is 2. The van der Waals surface area contributed by atoms with E-state index < -0.39 is 25.1 Å². The first-order chi connectivity index (χ1) is 10.3. The van der Waals surface area contributed by atoms with Gasteiger partial charge in [0, 0.05) is 11.1 Å². The molecule has 7 nitrogen and oxygen atoms in total. The van der Waals surface area contributed by atoms with E-state index in [4.69, 9.17) is 14.2 Å². The molecule has 2 aromatic rings. The van der Waals surface area contributed by atoms with Gasteiger partial charge in [-0.05, 0) is 6.07 Å². The van der Waals surface area contributed by atoms with Gasteiger partial charge in [-0.25, -0.2) is 4.57 Å². The van der Waals surface area contributed by atoms with Gasteiger partial charge in [-0.3, -0.25) is 19.4 Å². The summed E-state index contributed by atoms with van der Waals surface area (Å²) in [4.78, 5) is 42.1. The van der Waals surface area contributed by atoms with Crippen molar-refractivity contribution in [1.82, 2.24) is 0 Å². The van der Waals surface area contributed by atoms with Crippen molar-refractivity contribution < 1.29 is 32.9 Å². The Balaban J connectivity index is 2.06. The van der Waals surface area contributed by atoms with Crippen LogP contribution in [0.4, 0.5) is 0 Å². The van der Waals surface area contributed by atoms with Gasteiger partial charge in [-0.15, -0.1) is 0 Å². The zero-order valence-corrected chi connectivity index (χ0v) is 11.9. The number of phosphoric ester groups is 1. The Hall–Kier alpha value is -2.47. The monoisotopic (exact) mass is 320 g/mol. The van der Waals surface area contributed by atoms with Gasteiger partial charge in [0.15, 0.2) is 23.1 Å². The molecule has 112 valence electrons. The zero-order valence-electron chi connectivity index (χ0n) is 11.0. The Morgan fingerprint density at radius 1 is 1.09 bits per heavy atom. The van der Waals surface area contributed by atoms with E-state index in [1.807, 2.05) is 0 Å². The summed E-state index contributed by atoms with van der Waals surface area (Å²) in [6, 6.07) is 7.46. The fraction of sp³-hybridized carbons (Fsp3) is 0. The fourth-order valence-electron chi connectivity index (χ4n) is 2.20. The van der Waals surface area contributed by atoms with Crippen LogP contribution in [0.3, 0.4) is 0 Å². The number of carbonyl (C=O) groups excluding carboxylic acids is 2. The summed E-state index contributed by atoms with van der Waals surface area (Å²) in [5.74, 6) is -1.76. The molecule has 1 aromatic carbocycles. The molecule has 1 heterocycles. The molecule has 0 bridgehead atoms. The van der Waals surface area contributed by atoms with Crippen LogP contribution in [0, 0.1) is 0 Å². The third-order valence-electron chi connectivity index (χ3n) is 3.10. The van der Waals surface area contributed by atoms with Crippen LogP contribution in [0.2, 0.25) is 0 Å². The second-order valence-electron chi connectivity index (χ2n) is 4.56. The van der Waals surface area contributed by atoms with Crippen LogP contribution >= 0.6 is 7.82 Å². The lowest BCUT2D eigenvalue weighted by Gasteiger charge is -2.11. The summed E-state index contributed by atoms with van der Waals surface area (Å²) in [5, 5.41) is 0. The predicted octanol–water partition coefficient (Wildman–Crippen LogP) is 2.13. The zero-order chi connectivity index (χ0) is 16.1. The highest BCUT2D eigenvalue weighted by Crippen LogP contribution is 2.42. The summed E-state index contributed by atoms with van der Waals surface area (Å²) in [5.41, 5.74) is 0.463. The average Bonchev–Trinajstić information content (AvgIpc) is 2.89. The highest BCUT2D eigenvalue weighted by Gasteiger charge is 2.34. The molecule has 0 saturated carbocycles. The SMILES string of the molecule is C=C(OP(=O)(O)O)c1cc2c(o1)C(=O)c1ccccc1C2=O. The normalized spacial score (nSPS) is 13.5. The van der Waals surface area contributed by atoms with Crippen LogP contribution in [0.25, 0.3) is 5.76 Å². The minimum absolute atomic E-state index is 0.00848. The number of rotatable bonds is 3. The van der Waals surface area contributed by atoms with Crippen molar-refractivity contribution in [3.05, 3.63) is 65.1 Å². The third-order valence-corrected chi connectivity index (χ3v) is 3.56. The van der Waals surface area contributed by atoms with Crippen molar-refractivity contribution in [2.45, 2.75) is 0 Å². The highest BCUT2D eigenvalue weighted by molar-refractivity contribution is 7.46. The lowest BCUT2D eigenvalue weighted by molar-refractivity contribution is 0.0960. The number of fused-ring (bicyclic) bond motifs is 2. The van der Waals surface area contributed by atoms with Gasteiger partial charge in [0.2, 0.25) is 5.78 Å². The maximum atomic E-state index is 12.3. The van der Waals surface area contributed by atoms with Gasteiger partial charge in [0.05, 0.1) is 5.56 Å². The van der Waals surface area contributed by atoms with Crippen molar-refractivity contribution >= 4 is 25.1 Å². The van der Waals surface area contributed by atoms with Crippen LogP contribution in [0.1, 0.15) is 37.8 Å². The second kappa shape index (κ2) is 4.78. The van der Waals surface area contributed by atoms with Crippen molar-refractivity contribution in [2.24, 2.45) is 0 Å². The maximum Gasteiger partial charge on any atom is 0.524 e. The predicted molar refractivity (Wildman–Crippen MR) is 74.2 cm³/mol. The Labute approximate surface area is 124 Å². The van der Waals surface area contributed by atoms with E-state index in [1.165, 1.54) is 18.2 Å². The van der Waals surface area contributed by atoms with Gasteiger partial charge in [-0.1, -0.05) is 30.8 Å². The molecule has 8 heteroatoms. The second-order valence-corrected chi connectivity index (χ2v) is 5.73. The van der Waals surface area contributed by atoms with Crippen molar-refractivity contribution in [1.29, 1.82) is 0 Å². The lowest BCUT2D eigenvalue weighted by Crippen LogP contribution is -2.18. The van der Waals surface area contributed by atoms with E-state index in [0.717, 1.165) is 0 Å². The van der Waals surface area contributed by atoms with E-state index in [2.05, 4.69) is 11.1 Å². The van der Waals surface area contributed by atoms with Gasteiger partial charge < -0.3 is 8.94 Å². The van der Waals surface area contributed by atoms with Crippen LogP contribution in [-0.4, -0.2) is 21.4 Å². The van der Waals surface area contributed by atoms with E-state index in [0.29, 0.717) is 0 Å². The molecule has 1 aromatic heterocycles. The number of ketones is 2. The average molecular weight is 320 g/mol. The summed E-state index contributed by atoms with van der Waals surface area (Å²) in [6.45, 7) is 3.32. The Morgan fingerprint density at radius 2 is 1.68 bits per heavy atom.